The van der Waals surface area contributed by atoms with Gasteiger partial charge in [0.25, 0.3) is 0 Å². The molecule has 1 unspecified atom stereocenters. The van der Waals surface area contributed by atoms with E-state index in [1.165, 1.54) is 11.1 Å². The van der Waals surface area contributed by atoms with Gasteiger partial charge in [-0.25, -0.2) is 0 Å². The first-order valence-electron chi connectivity index (χ1n) is 11.2. The molecule has 0 amide bonds. The first-order valence-corrected chi connectivity index (χ1v) is 11.2. The van der Waals surface area contributed by atoms with Gasteiger partial charge < -0.3 is 9.84 Å². The molecule has 0 fully saturated rings. The lowest BCUT2D eigenvalue weighted by atomic mass is 9.87. The number of hydrogen-bond donors (Lipinski definition) is 1. The van der Waals surface area contributed by atoms with Gasteiger partial charge in [0.15, 0.2) is 0 Å². The van der Waals surface area contributed by atoms with E-state index in [1.807, 2.05) is 13.0 Å². The molecule has 1 aliphatic rings. The Hall–Kier alpha value is -1.96. The van der Waals surface area contributed by atoms with Crippen molar-refractivity contribution in [2.45, 2.75) is 92.1 Å². The number of benzene rings is 1. The number of ether oxygens (including phenoxy) is 1. The summed E-state index contributed by atoms with van der Waals surface area (Å²) in [5.41, 5.74) is 4.97. The standard InChI is InChI=1S/C27H40O2/c1-20(2)10-7-11-21(3)12-8-13-22(4)14-9-16-27(6)17-15-24-19-25(28)18-23(5)26(24)29-27/h7,10,12,14,18-20,28H,8-9,11,13,15-17H2,1-6H3/b10-7+,21-12+,22-14+. The molecule has 0 saturated carbocycles. The molecule has 2 heteroatoms. The molecule has 1 aromatic carbocycles. The predicted molar refractivity (Wildman–Crippen MR) is 125 cm³/mol. The predicted octanol–water partition coefficient (Wildman–Crippen LogP) is 7.84. The van der Waals surface area contributed by atoms with Gasteiger partial charge in [0, 0.05) is 0 Å². The van der Waals surface area contributed by atoms with Crippen molar-refractivity contribution in [2.75, 3.05) is 0 Å². The molecular formula is C27H40O2. The first-order chi connectivity index (χ1) is 13.7. The maximum atomic E-state index is 9.80. The van der Waals surface area contributed by atoms with Crippen LogP contribution in [0.15, 0.2) is 47.6 Å². The van der Waals surface area contributed by atoms with Gasteiger partial charge in [-0.1, -0.05) is 49.3 Å². The van der Waals surface area contributed by atoms with Crippen LogP contribution < -0.4 is 4.74 Å². The van der Waals surface area contributed by atoms with Crippen molar-refractivity contribution in [3.8, 4) is 11.5 Å². The number of fused-ring (bicyclic) bond motifs is 1. The Morgan fingerprint density at radius 3 is 2.62 bits per heavy atom. The van der Waals surface area contributed by atoms with Crippen molar-refractivity contribution in [3.05, 3.63) is 58.7 Å². The second-order valence-corrected chi connectivity index (χ2v) is 9.36. The molecule has 0 aliphatic carbocycles. The number of allylic oxidation sites excluding steroid dienone is 6. The summed E-state index contributed by atoms with van der Waals surface area (Å²) in [6.07, 6.45) is 16.7. The molecule has 2 rings (SSSR count). The molecule has 29 heavy (non-hydrogen) atoms. The summed E-state index contributed by atoms with van der Waals surface area (Å²) >= 11 is 0. The van der Waals surface area contributed by atoms with Gasteiger partial charge in [0.05, 0.1) is 0 Å². The monoisotopic (exact) mass is 396 g/mol. The smallest absolute Gasteiger partial charge is 0.126 e. The van der Waals surface area contributed by atoms with Crippen LogP contribution in [-0.2, 0) is 6.42 Å². The summed E-state index contributed by atoms with van der Waals surface area (Å²) in [5, 5.41) is 9.80. The maximum Gasteiger partial charge on any atom is 0.126 e. The van der Waals surface area contributed by atoms with Crippen molar-refractivity contribution in [3.63, 3.8) is 0 Å². The van der Waals surface area contributed by atoms with Gasteiger partial charge >= 0.3 is 0 Å². The third-order valence-corrected chi connectivity index (χ3v) is 5.77. The lowest BCUT2D eigenvalue weighted by Crippen LogP contribution is -2.36. The molecular weight excluding hydrogens is 356 g/mol. The van der Waals surface area contributed by atoms with Crippen LogP contribution in [0.25, 0.3) is 0 Å². The summed E-state index contributed by atoms with van der Waals surface area (Å²) in [6, 6.07) is 3.64. The molecule has 1 heterocycles. The van der Waals surface area contributed by atoms with E-state index in [0.29, 0.717) is 11.7 Å². The number of aryl methyl sites for hydroxylation is 2. The summed E-state index contributed by atoms with van der Waals surface area (Å²) in [5.74, 6) is 1.95. The highest BCUT2D eigenvalue weighted by Crippen LogP contribution is 2.39. The van der Waals surface area contributed by atoms with E-state index in [-0.39, 0.29) is 5.60 Å². The molecule has 160 valence electrons. The minimum Gasteiger partial charge on any atom is -0.508 e. The Labute approximate surface area is 178 Å². The number of rotatable bonds is 9. The van der Waals surface area contributed by atoms with Crippen molar-refractivity contribution in [1.29, 1.82) is 0 Å². The summed E-state index contributed by atoms with van der Waals surface area (Å²) in [4.78, 5) is 0. The molecule has 1 aliphatic heterocycles. The zero-order valence-corrected chi connectivity index (χ0v) is 19.3. The number of phenols is 1. The topological polar surface area (TPSA) is 29.5 Å². The molecule has 1 aromatic rings. The third kappa shape index (κ3) is 7.76. The van der Waals surface area contributed by atoms with Crippen molar-refractivity contribution in [2.24, 2.45) is 5.92 Å². The minimum absolute atomic E-state index is 0.120. The van der Waals surface area contributed by atoms with E-state index in [0.717, 1.165) is 61.8 Å². The van der Waals surface area contributed by atoms with Crippen LogP contribution in [0, 0.1) is 12.8 Å². The van der Waals surface area contributed by atoms with Gasteiger partial charge in [-0.3, -0.25) is 0 Å². The van der Waals surface area contributed by atoms with E-state index < -0.39 is 0 Å². The van der Waals surface area contributed by atoms with Gasteiger partial charge in [-0.05, 0) is 102 Å². The first kappa shape index (κ1) is 23.3. The Morgan fingerprint density at radius 2 is 1.90 bits per heavy atom. The Balaban J connectivity index is 1.80. The average Bonchev–Trinajstić information content (AvgIpc) is 2.62. The SMILES string of the molecule is C/C(=C\CC/C(C)=C/CCC1(C)CCc2cc(O)cc(C)c2O1)C/C=C/C(C)C. The van der Waals surface area contributed by atoms with Crippen LogP contribution in [-0.4, -0.2) is 10.7 Å². The van der Waals surface area contributed by atoms with E-state index in [1.54, 1.807) is 6.07 Å². The Morgan fingerprint density at radius 1 is 1.17 bits per heavy atom. The van der Waals surface area contributed by atoms with Crippen LogP contribution >= 0.6 is 0 Å². The Bertz CT molecular complexity index is 767. The van der Waals surface area contributed by atoms with Gasteiger partial charge in [0.1, 0.15) is 17.1 Å². The molecule has 0 aromatic heterocycles. The van der Waals surface area contributed by atoms with Gasteiger partial charge in [0.2, 0.25) is 0 Å². The van der Waals surface area contributed by atoms with Crippen LogP contribution in [0.3, 0.4) is 0 Å². The maximum absolute atomic E-state index is 9.80. The van der Waals surface area contributed by atoms with E-state index >= 15 is 0 Å². The van der Waals surface area contributed by atoms with E-state index in [9.17, 15) is 5.11 Å². The quantitative estimate of drug-likeness (QED) is 0.431. The molecule has 0 radical (unpaired) electrons. The molecule has 2 nitrogen and oxygen atoms in total. The second kappa shape index (κ2) is 10.7. The fourth-order valence-corrected chi connectivity index (χ4v) is 3.91. The van der Waals surface area contributed by atoms with Gasteiger partial charge in [-0.2, -0.15) is 0 Å². The highest BCUT2D eigenvalue weighted by molar-refractivity contribution is 5.47. The zero-order valence-electron chi connectivity index (χ0n) is 19.3. The van der Waals surface area contributed by atoms with Crippen LogP contribution in [0.1, 0.15) is 84.3 Å². The van der Waals surface area contributed by atoms with Crippen LogP contribution in [0.4, 0.5) is 0 Å². The van der Waals surface area contributed by atoms with E-state index in [4.69, 9.17) is 4.74 Å². The van der Waals surface area contributed by atoms with Crippen LogP contribution in [0.2, 0.25) is 0 Å². The average molecular weight is 397 g/mol. The third-order valence-electron chi connectivity index (χ3n) is 5.77. The molecule has 1 atom stereocenters. The second-order valence-electron chi connectivity index (χ2n) is 9.36. The lowest BCUT2D eigenvalue weighted by Gasteiger charge is -2.36. The molecule has 0 saturated heterocycles. The number of hydrogen-bond acceptors (Lipinski definition) is 2. The van der Waals surface area contributed by atoms with Gasteiger partial charge in [-0.15, -0.1) is 0 Å². The molecule has 1 N–H and O–H groups in total. The lowest BCUT2D eigenvalue weighted by molar-refractivity contribution is 0.0561. The number of aromatic hydroxyl groups is 1. The highest BCUT2D eigenvalue weighted by Gasteiger charge is 2.31. The fraction of sp³-hybridized carbons (Fsp3) is 0.556. The molecule has 0 spiro atoms. The normalized spacial score (nSPS) is 20.2. The number of phenolic OH excluding ortho intramolecular Hbond substituents is 1. The summed E-state index contributed by atoms with van der Waals surface area (Å²) in [7, 11) is 0. The molecule has 0 bridgehead atoms. The largest absolute Gasteiger partial charge is 0.508 e. The zero-order chi connectivity index (χ0) is 21.4. The fourth-order valence-electron chi connectivity index (χ4n) is 3.91. The Kier molecular flexibility index (Phi) is 8.61. The van der Waals surface area contributed by atoms with Crippen molar-refractivity contribution >= 4 is 0 Å². The summed E-state index contributed by atoms with van der Waals surface area (Å²) < 4.78 is 6.40. The van der Waals surface area contributed by atoms with Crippen LogP contribution in [0.5, 0.6) is 11.5 Å². The van der Waals surface area contributed by atoms with E-state index in [2.05, 4.69) is 58.9 Å². The highest BCUT2D eigenvalue weighted by atomic mass is 16.5. The van der Waals surface area contributed by atoms with Crippen molar-refractivity contribution < 1.29 is 9.84 Å². The summed E-state index contributed by atoms with van der Waals surface area (Å²) in [6.45, 7) is 13.1. The van der Waals surface area contributed by atoms with Crippen molar-refractivity contribution in [1.82, 2.24) is 0 Å². The minimum atomic E-state index is -0.120.